The molecule has 0 bridgehead atoms. The number of nitrogens with one attached hydrogen (secondary N) is 1. The molecule has 0 fully saturated rings. The molecule has 0 saturated heterocycles. The van der Waals surface area contributed by atoms with Gasteiger partial charge in [0.15, 0.2) is 5.69 Å². The van der Waals surface area contributed by atoms with Crippen molar-refractivity contribution >= 4 is 11.9 Å². The van der Waals surface area contributed by atoms with Gasteiger partial charge in [0.05, 0.1) is 19.1 Å². The number of imidazole rings is 1. The molecule has 21 heavy (non-hydrogen) atoms. The molecule has 2 aromatic rings. The average Bonchev–Trinajstić information content (AvgIpc) is 3.08. The Morgan fingerprint density at radius 3 is 2.76 bits per heavy atom. The predicted octanol–water partition coefficient (Wildman–Crippen LogP) is -1.44. The monoisotopic (exact) mass is 293 g/mol. The van der Waals surface area contributed by atoms with E-state index in [1.807, 2.05) is 0 Å². The third-order valence-electron chi connectivity index (χ3n) is 2.64. The second-order valence-corrected chi connectivity index (χ2v) is 4.21. The fourth-order valence-electron chi connectivity index (χ4n) is 1.63. The molecule has 2 rings (SSSR count). The average molecular weight is 293 g/mol. The van der Waals surface area contributed by atoms with Crippen LogP contribution < -0.4 is 11.1 Å². The van der Waals surface area contributed by atoms with Crippen molar-refractivity contribution < 1.29 is 14.7 Å². The van der Waals surface area contributed by atoms with E-state index in [1.54, 1.807) is 17.1 Å². The lowest BCUT2D eigenvalue weighted by atomic mass is 10.4. The van der Waals surface area contributed by atoms with Crippen molar-refractivity contribution in [3.05, 3.63) is 30.1 Å². The van der Waals surface area contributed by atoms with Gasteiger partial charge in [0.2, 0.25) is 0 Å². The summed E-state index contributed by atoms with van der Waals surface area (Å²) in [5.41, 5.74) is 5.57. The van der Waals surface area contributed by atoms with E-state index in [9.17, 15) is 9.59 Å². The number of nitrogens with zero attached hydrogens (tertiary/aromatic N) is 5. The maximum Gasteiger partial charge on any atom is 0.358 e. The highest BCUT2D eigenvalue weighted by Crippen LogP contribution is 1.96. The number of nitrogens with two attached hydrogens (primary N) is 1. The standard InChI is InChI=1S/C11H15N7O3/c12-1-3-17-5-8(14-7-17)10(19)13-2-4-18-6-9(11(20)21)15-16-18/h5-7H,1-4,12H2,(H,13,19)(H,20,21). The largest absolute Gasteiger partial charge is 0.476 e. The maximum absolute atomic E-state index is 11.8. The van der Waals surface area contributed by atoms with Crippen LogP contribution in [-0.4, -0.2) is 54.6 Å². The van der Waals surface area contributed by atoms with Crippen molar-refractivity contribution in [2.45, 2.75) is 13.1 Å². The minimum absolute atomic E-state index is 0.137. The Labute approximate surface area is 119 Å². The van der Waals surface area contributed by atoms with Gasteiger partial charge in [-0.3, -0.25) is 4.79 Å². The highest BCUT2D eigenvalue weighted by molar-refractivity contribution is 5.91. The third-order valence-corrected chi connectivity index (χ3v) is 2.64. The summed E-state index contributed by atoms with van der Waals surface area (Å²) in [6, 6.07) is 0. The number of carbonyl (C=O) groups is 2. The third kappa shape index (κ3) is 3.86. The summed E-state index contributed by atoms with van der Waals surface area (Å²) >= 11 is 0. The van der Waals surface area contributed by atoms with Crippen LogP contribution in [0.5, 0.6) is 0 Å². The van der Waals surface area contributed by atoms with Gasteiger partial charge in [-0.2, -0.15) is 0 Å². The fraction of sp³-hybridized carbons (Fsp3) is 0.364. The van der Waals surface area contributed by atoms with Crippen molar-refractivity contribution in [3.63, 3.8) is 0 Å². The zero-order valence-corrected chi connectivity index (χ0v) is 11.1. The van der Waals surface area contributed by atoms with Crippen LogP contribution >= 0.6 is 0 Å². The first kappa shape index (κ1) is 14.7. The Kier molecular flexibility index (Phi) is 4.61. The molecule has 0 atom stereocenters. The number of rotatable bonds is 7. The lowest BCUT2D eigenvalue weighted by molar-refractivity contribution is 0.0690. The van der Waals surface area contributed by atoms with E-state index < -0.39 is 5.97 Å². The molecule has 0 aliphatic rings. The number of aromatic nitrogens is 5. The van der Waals surface area contributed by atoms with E-state index in [2.05, 4.69) is 20.6 Å². The predicted molar refractivity (Wildman–Crippen MR) is 70.6 cm³/mol. The van der Waals surface area contributed by atoms with Gasteiger partial charge in [-0.25, -0.2) is 14.5 Å². The lowest BCUT2D eigenvalue weighted by Crippen LogP contribution is -2.27. The maximum atomic E-state index is 11.8. The van der Waals surface area contributed by atoms with E-state index in [-0.39, 0.29) is 18.1 Å². The molecule has 4 N–H and O–H groups in total. The minimum Gasteiger partial charge on any atom is -0.476 e. The highest BCUT2D eigenvalue weighted by Gasteiger charge is 2.10. The normalized spacial score (nSPS) is 10.5. The van der Waals surface area contributed by atoms with Gasteiger partial charge >= 0.3 is 5.97 Å². The van der Waals surface area contributed by atoms with Gasteiger partial charge in [0.1, 0.15) is 5.69 Å². The summed E-state index contributed by atoms with van der Waals surface area (Å²) in [5, 5.41) is 18.5. The number of aromatic carboxylic acids is 1. The van der Waals surface area contributed by atoms with Crippen molar-refractivity contribution in [1.29, 1.82) is 0 Å². The topological polar surface area (TPSA) is 141 Å². The molecule has 0 aliphatic carbocycles. The first-order valence-corrected chi connectivity index (χ1v) is 6.23. The van der Waals surface area contributed by atoms with Gasteiger partial charge in [0.25, 0.3) is 5.91 Å². The van der Waals surface area contributed by atoms with Crippen LogP contribution in [0.2, 0.25) is 0 Å². The molecule has 0 aliphatic heterocycles. The molecule has 112 valence electrons. The number of carbonyl (C=O) groups excluding carboxylic acids is 1. The molecule has 2 heterocycles. The molecule has 1 amide bonds. The van der Waals surface area contributed by atoms with Crippen molar-refractivity contribution in [2.24, 2.45) is 5.73 Å². The molecule has 0 saturated carbocycles. The van der Waals surface area contributed by atoms with Crippen LogP contribution in [-0.2, 0) is 13.1 Å². The van der Waals surface area contributed by atoms with Crippen molar-refractivity contribution in [1.82, 2.24) is 29.9 Å². The van der Waals surface area contributed by atoms with Crippen LogP contribution in [0, 0.1) is 0 Å². The molecular weight excluding hydrogens is 278 g/mol. The first-order chi connectivity index (χ1) is 10.1. The highest BCUT2D eigenvalue weighted by atomic mass is 16.4. The van der Waals surface area contributed by atoms with Gasteiger partial charge in [0, 0.05) is 25.8 Å². The quantitative estimate of drug-likeness (QED) is 0.567. The second-order valence-electron chi connectivity index (χ2n) is 4.21. The van der Waals surface area contributed by atoms with Gasteiger partial charge in [-0.15, -0.1) is 5.10 Å². The summed E-state index contributed by atoms with van der Waals surface area (Å²) in [6.45, 7) is 1.66. The summed E-state index contributed by atoms with van der Waals surface area (Å²) in [7, 11) is 0. The molecule has 0 aromatic carbocycles. The Bertz CT molecular complexity index is 633. The summed E-state index contributed by atoms with van der Waals surface area (Å²) in [4.78, 5) is 26.4. The summed E-state index contributed by atoms with van der Waals surface area (Å²) < 4.78 is 3.07. The zero-order chi connectivity index (χ0) is 15.2. The molecule has 0 unspecified atom stereocenters. The van der Waals surface area contributed by atoms with Crippen LogP contribution in [0.15, 0.2) is 18.7 Å². The van der Waals surface area contributed by atoms with Gasteiger partial charge < -0.3 is 20.7 Å². The van der Waals surface area contributed by atoms with Gasteiger partial charge in [-0.05, 0) is 0 Å². The van der Waals surface area contributed by atoms with Crippen molar-refractivity contribution in [2.75, 3.05) is 13.1 Å². The second kappa shape index (κ2) is 6.61. The van der Waals surface area contributed by atoms with Crippen LogP contribution in [0.3, 0.4) is 0 Å². The first-order valence-electron chi connectivity index (χ1n) is 6.23. The number of hydrogen-bond acceptors (Lipinski definition) is 6. The minimum atomic E-state index is -1.14. The Morgan fingerprint density at radius 2 is 2.10 bits per heavy atom. The number of carboxylic acids is 1. The number of amides is 1. The van der Waals surface area contributed by atoms with E-state index >= 15 is 0 Å². The molecule has 0 radical (unpaired) electrons. The van der Waals surface area contributed by atoms with Crippen LogP contribution in [0.25, 0.3) is 0 Å². The molecule has 2 aromatic heterocycles. The fourth-order valence-corrected chi connectivity index (χ4v) is 1.63. The van der Waals surface area contributed by atoms with Crippen LogP contribution in [0.1, 0.15) is 21.0 Å². The number of hydrogen-bond donors (Lipinski definition) is 3. The van der Waals surface area contributed by atoms with E-state index in [0.717, 1.165) is 0 Å². The molecule has 0 spiro atoms. The molecule has 10 heteroatoms. The Balaban J connectivity index is 1.81. The van der Waals surface area contributed by atoms with E-state index in [0.29, 0.717) is 25.3 Å². The zero-order valence-electron chi connectivity index (χ0n) is 11.1. The summed E-state index contributed by atoms with van der Waals surface area (Å²) in [6.07, 6.45) is 4.45. The van der Waals surface area contributed by atoms with E-state index in [4.69, 9.17) is 10.8 Å². The SMILES string of the molecule is NCCn1cnc(C(=O)NCCn2cc(C(=O)O)nn2)c1. The lowest BCUT2D eigenvalue weighted by Gasteiger charge is -2.02. The Hall–Kier alpha value is -2.75. The van der Waals surface area contributed by atoms with Crippen LogP contribution in [0.4, 0.5) is 0 Å². The Morgan fingerprint density at radius 1 is 1.29 bits per heavy atom. The number of carboxylic acid groups (broad SMARTS) is 1. The molecule has 10 nitrogen and oxygen atoms in total. The molecular formula is C11H15N7O3. The smallest absolute Gasteiger partial charge is 0.358 e. The van der Waals surface area contributed by atoms with Crippen molar-refractivity contribution in [3.8, 4) is 0 Å². The van der Waals surface area contributed by atoms with E-state index in [1.165, 1.54) is 10.9 Å². The summed E-state index contributed by atoms with van der Waals surface area (Å²) in [5.74, 6) is -1.46. The van der Waals surface area contributed by atoms with Gasteiger partial charge in [-0.1, -0.05) is 5.21 Å².